The number of hydrogen-bond acceptors (Lipinski definition) is 7. The molecule has 178 valence electrons. The molecular formula is C24H42N2O4S. The van der Waals surface area contributed by atoms with Crippen LogP contribution in [0.2, 0.25) is 0 Å². The third kappa shape index (κ3) is 7.36. The van der Waals surface area contributed by atoms with E-state index in [0.717, 1.165) is 26.2 Å². The molecule has 7 heteroatoms. The average molecular weight is 455 g/mol. The Balaban J connectivity index is 1.30. The second-order valence-corrected chi connectivity index (χ2v) is 10.7. The van der Waals surface area contributed by atoms with Crippen LogP contribution in [0.4, 0.5) is 0 Å². The highest BCUT2D eigenvalue weighted by atomic mass is 32.2. The van der Waals surface area contributed by atoms with Crippen molar-refractivity contribution in [1.82, 2.24) is 9.80 Å². The molecule has 3 fully saturated rings. The molecule has 0 spiro atoms. The van der Waals surface area contributed by atoms with Crippen LogP contribution in [0, 0.1) is 0 Å². The zero-order valence-corrected chi connectivity index (χ0v) is 20.4. The third-order valence-electron chi connectivity index (χ3n) is 7.03. The van der Waals surface area contributed by atoms with E-state index in [0.29, 0.717) is 38.1 Å². The molecule has 4 atom stereocenters. The maximum Gasteiger partial charge on any atom is 0.319 e. The predicted octanol–water partition coefficient (Wildman–Crippen LogP) is 3.87. The average Bonchev–Trinajstić information content (AvgIpc) is 3.50. The van der Waals surface area contributed by atoms with Crippen LogP contribution >= 0.6 is 11.8 Å². The summed E-state index contributed by atoms with van der Waals surface area (Å²) in [5.41, 5.74) is 0. The number of carbonyl (C=O) groups excluding carboxylic acids is 2. The van der Waals surface area contributed by atoms with Gasteiger partial charge in [-0.3, -0.25) is 19.4 Å². The third-order valence-corrected chi connectivity index (χ3v) is 8.55. The normalized spacial score (nSPS) is 29.5. The minimum atomic E-state index is -0.227. The molecule has 0 bridgehead atoms. The molecule has 6 nitrogen and oxygen atoms in total. The largest absolute Gasteiger partial charge is 0.463 e. The quantitative estimate of drug-likeness (QED) is 0.415. The van der Waals surface area contributed by atoms with Crippen LogP contribution < -0.4 is 0 Å². The molecule has 0 aromatic carbocycles. The molecule has 4 unspecified atom stereocenters. The van der Waals surface area contributed by atoms with Crippen LogP contribution in [-0.4, -0.2) is 83.7 Å². The van der Waals surface area contributed by atoms with E-state index in [1.807, 2.05) is 0 Å². The Morgan fingerprint density at radius 1 is 0.774 bits per heavy atom. The molecule has 3 saturated heterocycles. The van der Waals surface area contributed by atoms with E-state index in [2.05, 4.69) is 23.6 Å². The zero-order valence-electron chi connectivity index (χ0n) is 19.6. The number of rotatable bonds is 12. The van der Waals surface area contributed by atoms with Crippen molar-refractivity contribution in [3.63, 3.8) is 0 Å². The highest BCUT2D eigenvalue weighted by Gasteiger charge is 2.37. The molecule has 0 radical (unpaired) electrons. The van der Waals surface area contributed by atoms with E-state index in [-0.39, 0.29) is 22.4 Å². The lowest BCUT2D eigenvalue weighted by molar-refractivity contribution is -0.144. The summed E-state index contributed by atoms with van der Waals surface area (Å²) >= 11 is 1.43. The van der Waals surface area contributed by atoms with Gasteiger partial charge in [0.2, 0.25) is 0 Å². The molecule has 31 heavy (non-hydrogen) atoms. The molecule has 3 aliphatic heterocycles. The first-order valence-electron chi connectivity index (χ1n) is 12.6. The second kappa shape index (κ2) is 13.0. The Labute approximate surface area is 192 Å². The van der Waals surface area contributed by atoms with Crippen molar-refractivity contribution in [2.75, 3.05) is 39.4 Å². The van der Waals surface area contributed by atoms with Crippen LogP contribution in [0.15, 0.2) is 0 Å². The van der Waals surface area contributed by atoms with Crippen molar-refractivity contribution >= 4 is 23.7 Å². The van der Waals surface area contributed by atoms with Crippen molar-refractivity contribution in [1.29, 1.82) is 0 Å². The molecule has 0 aromatic rings. The zero-order chi connectivity index (χ0) is 22.1. The molecule has 0 aliphatic carbocycles. The molecule has 0 N–H and O–H groups in total. The molecule has 0 aromatic heterocycles. The molecule has 3 aliphatic rings. The van der Waals surface area contributed by atoms with Gasteiger partial charge in [-0.1, -0.05) is 26.7 Å². The van der Waals surface area contributed by atoms with Gasteiger partial charge in [0.1, 0.15) is 23.7 Å². The van der Waals surface area contributed by atoms with Gasteiger partial charge in [0.15, 0.2) is 0 Å². The fourth-order valence-corrected chi connectivity index (χ4v) is 6.70. The van der Waals surface area contributed by atoms with Crippen molar-refractivity contribution in [2.24, 2.45) is 0 Å². The maximum atomic E-state index is 12.5. The minimum absolute atomic E-state index is 0.161. The molecule has 0 amide bonds. The Kier molecular flexibility index (Phi) is 10.5. The Hall–Kier alpha value is -0.790. The number of thioether (sulfide) groups is 1. The number of hydrogen-bond donors (Lipinski definition) is 0. The summed E-state index contributed by atoms with van der Waals surface area (Å²) in [7, 11) is 0. The van der Waals surface area contributed by atoms with Gasteiger partial charge in [-0.25, -0.2) is 0 Å². The number of esters is 2. The smallest absolute Gasteiger partial charge is 0.319 e. The molecule has 3 rings (SSSR count). The summed E-state index contributed by atoms with van der Waals surface area (Å²) in [6.45, 7) is 9.26. The van der Waals surface area contributed by atoms with Gasteiger partial charge >= 0.3 is 11.9 Å². The highest BCUT2D eigenvalue weighted by Crippen LogP contribution is 2.35. The fraction of sp³-hybridized carbons (Fsp3) is 0.917. The van der Waals surface area contributed by atoms with E-state index >= 15 is 0 Å². The van der Waals surface area contributed by atoms with Crippen molar-refractivity contribution in [3.8, 4) is 0 Å². The highest BCUT2D eigenvalue weighted by molar-refractivity contribution is 8.02. The Morgan fingerprint density at radius 3 is 1.65 bits per heavy atom. The van der Waals surface area contributed by atoms with E-state index < -0.39 is 0 Å². The SMILES string of the molecule is CCCC1CCCN1CCOC(=O)C1CCC(C(=O)OCCN2CCCC2CCC)S1. The van der Waals surface area contributed by atoms with Gasteiger partial charge in [0, 0.05) is 25.2 Å². The van der Waals surface area contributed by atoms with E-state index in [9.17, 15) is 9.59 Å². The van der Waals surface area contributed by atoms with Crippen LogP contribution in [-0.2, 0) is 19.1 Å². The standard InChI is InChI=1S/C24H42N2O4S/c1-3-7-19-9-5-13-25(19)15-17-29-23(27)21-11-12-22(31-21)24(28)30-18-16-26-14-6-10-20(26)8-4-2/h19-22H,3-18H2,1-2H3. The van der Waals surface area contributed by atoms with Crippen LogP contribution in [0.3, 0.4) is 0 Å². The number of nitrogens with zero attached hydrogens (tertiary/aromatic N) is 2. The van der Waals surface area contributed by atoms with E-state index in [4.69, 9.17) is 9.47 Å². The topological polar surface area (TPSA) is 59.1 Å². The fourth-order valence-electron chi connectivity index (χ4n) is 5.40. The molecule has 3 heterocycles. The first kappa shape index (κ1) is 24.8. The first-order chi connectivity index (χ1) is 15.1. The van der Waals surface area contributed by atoms with Crippen LogP contribution in [0.1, 0.15) is 78.1 Å². The van der Waals surface area contributed by atoms with Crippen LogP contribution in [0.5, 0.6) is 0 Å². The predicted molar refractivity (Wildman–Crippen MR) is 125 cm³/mol. The summed E-state index contributed by atoms with van der Waals surface area (Å²) in [6.07, 6.45) is 11.3. The van der Waals surface area contributed by atoms with E-state index in [1.54, 1.807) is 0 Å². The van der Waals surface area contributed by atoms with E-state index in [1.165, 1.54) is 63.1 Å². The number of likely N-dealkylation sites (tertiary alicyclic amines) is 2. The van der Waals surface area contributed by atoms with Crippen molar-refractivity contribution in [3.05, 3.63) is 0 Å². The Morgan fingerprint density at radius 2 is 1.23 bits per heavy atom. The monoisotopic (exact) mass is 454 g/mol. The number of carbonyl (C=O) groups is 2. The summed E-state index contributed by atoms with van der Waals surface area (Å²) < 4.78 is 11.1. The van der Waals surface area contributed by atoms with Crippen molar-refractivity contribution < 1.29 is 19.1 Å². The summed E-state index contributed by atoms with van der Waals surface area (Å²) in [5, 5.41) is -0.454. The summed E-state index contributed by atoms with van der Waals surface area (Å²) in [4.78, 5) is 29.8. The lowest BCUT2D eigenvalue weighted by Gasteiger charge is -2.24. The molecular weight excluding hydrogens is 412 g/mol. The maximum absolute atomic E-state index is 12.5. The molecule has 0 saturated carbocycles. The minimum Gasteiger partial charge on any atom is -0.463 e. The first-order valence-corrected chi connectivity index (χ1v) is 13.5. The summed E-state index contributed by atoms with van der Waals surface area (Å²) in [5.74, 6) is -0.322. The lowest BCUT2D eigenvalue weighted by atomic mass is 10.1. The van der Waals surface area contributed by atoms with Gasteiger partial charge in [-0.15, -0.1) is 11.8 Å². The summed E-state index contributed by atoms with van der Waals surface area (Å²) in [6, 6.07) is 1.31. The van der Waals surface area contributed by atoms with Gasteiger partial charge in [-0.05, 0) is 64.5 Å². The van der Waals surface area contributed by atoms with Crippen LogP contribution in [0.25, 0.3) is 0 Å². The number of ether oxygens (including phenoxy) is 2. The van der Waals surface area contributed by atoms with Crippen molar-refractivity contribution in [2.45, 2.75) is 101 Å². The van der Waals surface area contributed by atoms with Gasteiger partial charge in [-0.2, -0.15) is 0 Å². The second-order valence-electron chi connectivity index (χ2n) is 9.27. The van der Waals surface area contributed by atoms with Gasteiger partial charge in [0.05, 0.1) is 0 Å². The lowest BCUT2D eigenvalue weighted by Crippen LogP contribution is -2.34. The Bertz CT molecular complexity index is 528. The van der Waals surface area contributed by atoms with Gasteiger partial charge < -0.3 is 9.47 Å². The van der Waals surface area contributed by atoms with Gasteiger partial charge in [0.25, 0.3) is 0 Å².